The van der Waals surface area contributed by atoms with E-state index in [9.17, 15) is 0 Å². The van der Waals surface area contributed by atoms with Gasteiger partial charge in [-0.3, -0.25) is 4.18 Å². The van der Waals surface area contributed by atoms with Crippen LogP contribution in [0.1, 0.15) is 20.8 Å². The van der Waals surface area contributed by atoms with Crippen molar-refractivity contribution in [3.05, 3.63) is 48.6 Å². The van der Waals surface area contributed by atoms with Gasteiger partial charge in [-0.2, -0.15) is 12.6 Å². The van der Waals surface area contributed by atoms with Crippen molar-refractivity contribution >= 4 is 37.3 Å². The third-order valence-corrected chi connectivity index (χ3v) is 3.56. The summed E-state index contributed by atoms with van der Waals surface area (Å²) < 4.78 is 5.81. The summed E-state index contributed by atoms with van der Waals surface area (Å²) in [4.78, 5) is -0.691. The molecule has 0 spiro atoms. The van der Waals surface area contributed by atoms with Crippen LogP contribution in [0.4, 0.5) is 0 Å². The maximum Gasteiger partial charge on any atom is 0.162 e. The fraction of sp³-hybridized carbons (Fsp3) is 0.429. The van der Waals surface area contributed by atoms with Crippen molar-refractivity contribution < 1.29 is 4.18 Å². The third-order valence-electron chi connectivity index (χ3n) is 1.92. The topological polar surface area (TPSA) is 9.23 Å². The molecule has 0 saturated carbocycles. The zero-order valence-corrected chi connectivity index (χ0v) is 13.7. The second-order valence-electron chi connectivity index (χ2n) is 3.53. The van der Waals surface area contributed by atoms with Crippen LogP contribution in [0.5, 0.6) is 0 Å². The van der Waals surface area contributed by atoms with Gasteiger partial charge in [-0.05, 0) is 32.9 Å². The Morgan fingerprint density at radius 2 is 1.72 bits per heavy atom. The first-order chi connectivity index (χ1) is 8.61. The molecule has 0 N–H and O–H groups in total. The van der Waals surface area contributed by atoms with E-state index in [-0.39, 0.29) is 5.25 Å². The van der Waals surface area contributed by atoms with Crippen LogP contribution >= 0.6 is 37.3 Å². The van der Waals surface area contributed by atoms with Crippen molar-refractivity contribution in [1.29, 1.82) is 0 Å². The van der Waals surface area contributed by atoms with E-state index < -0.39 is 4.93 Å². The van der Waals surface area contributed by atoms with Gasteiger partial charge in [0, 0.05) is 17.8 Å². The molecule has 0 aliphatic rings. The molecule has 0 aliphatic carbocycles. The first-order valence-electron chi connectivity index (χ1n) is 5.86. The van der Waals surface area contributed by atoms with Gasteiger partial charge >= 0.3 is 0 Å². The lowest BCUT2D eigenvalue weighted by atomic mass is 10.3. The Morgan fingerprint density at radius 1 is 1.11 bits per heavy atom. The molecule has 0 fully saturated rings. The molecule has 0 aromatic carbocycles. The fourth-order valence-electron chi connectivity index (χ4n) is 1.21. The number of allylic oxidation sites excluding steroid dienone is 3. The summed E-state index contributed by atoms with van der Waals surface area (Å²) in [5.41, 5.74) is 0. The zero-order chi connectivity index (χ0) is 13.9. The van der Waals surface area contributed by atoms with Crippen molar-refractivity contribution in [3.63, 3.8) is 0 Å². The minimum atomic E-state index is -0.691. The number of hydrogen-bond acceptors (Lipinski definition) is 4. The summed E-state index contributed by atoms with van der Waals surface area (Å²) in [7, 11) is 0. The molecular weight excluding hydrogens is 280 g/mol. The average Bonchev–Trinajstić information content (AvgIpc) is 2.35. The lowest BCUT2D eigenvalue weighted by molar-refractivity contribution is 0.317. The molecule has 1 nitrogen and oxygen atoms in total. The summed E-state index contributed by atoms with van der Waals surface area (Å²) in [6.45, 7) is 5.94. The molecule has 0 aliphatic heterocycles. The van der Waals surface area contributed by atoms with E-state index in [4.69, 9.17) is 4.18 Å². The van der Waals surface area contributed by atoms with Crippen LogP contribution in [0, 0.1) is 0 Å². The highest BCUT2D eigenvalue weighted by Crippen LogP contribution is 2.29. The summed E-state index contributed by atoms with van der Waals surface area (Å²) in [6, 6.07) is 0. The van der Waals surface area contributed by atoms with Gasteiger partial charge in [0.2, 0.25) is 0 Å². The largest absolute Gasteiger partial charge is 0.289 e. The summed E-state index contributed by atoms with van der Waals surface area (Å²) in [6.07, 6.45) is 15.9. The van der Waals surface area contributed by atoms with Gasteiger partial charge in [0.15, 0.2) is 4.93 Å². The van der Waals surface area contributed by atoms with Crippen molar-refractivity contribution in [2.45, 2.75) is 31.0 Å². The molecule has 0 saturated heterocycles. The fourth-order valence-corrected chi connectivity index (χ4v) is 2.52. The van der Waals surface area contributed by atoms with Crippen LogP contribution in [-0.2, 0) is 4.18 Å². The SMILES string of the molecule is CC=CC(C=CC)SOC(S)(C=CC)C=CCS. The summed E-state index contributed by atoms with van der Waals surface area (Å²) in [5, 5.41) is 0.196. The number of hydrogen-bond donors (Lipinski definition) is 2. The van der Waals surface area contributed by atoms with Crippen LogP contribution in [-0.4, -0.2) is 15.9 Å². The molecule has 4 heteroatoms. The molecule has 1 unspecified atom stereocenters. The van der Waals surface area contributed by atoms with E-state index >= 15 is 0 Å². The monoisotopic (exact) mass is 302 g/mol. The van der Waals surface area contributed by atoms with E-state index in [0.717, 1.165) is 0 Å². The van der Waals surface area contributed by atoms with Gasteiger partial charge in [-0.25, -0.2) is 0 Å². The molecule has 0 radical (unpaired) electrons. The van der Waals surface area contributed by atoms with Crippen LogP contribution in [0.2, 0.25) is 0 Å². The Labute approximate surface area is 126 Å². The minimum Gasteiger partial charge on any atom is -0.289 e. The Hall–Kier alpha value is -0.0300. The maximum absolute atomic E-state index is 5.81. The predicted octanol–water partition coefficient (Wildman–Crippen LogP) is 4.86. The molecule has 0 amide bonds. The van der Waals surface area contributed by atoms with Crippen LogP contribution in [0.15, 0.2) is 48.6 Å². The molecule has 102 valence electrons. The normalized spacial score (nSPS) is 18.3. The van der Waals surface area contributed by atoms with Crippen LogP contribution in [0.25, 0.3) is 0 Å². The number of rotatable bonds is 8. The first kappa shape index (κ1) is 18.0. The zero-order valence-electron chi connectivity index (χ0n) is 11.1. The highest BCUT2D eigenvalue weighted by atomic mass is 32.2. The van der Waals surface area contributed by atoms with Gasteiger partial charge in [0.1, 0.15) is 0 Å². The van der Waals surface area contributed by atoms with E-state index in [1.165, 1.54) is 12.0 Å². The molecule has 18 heavy (non-hydrogen) atoms. The molecule has 0 heterocycles. The van der Waals surface area contributed by atoms with Gasteiger partial charge in [-0.1, -0.05) is 36.5 Å². The van der Waals surface area contributed by atoms with Crippen LogP contribution in [0.3, 0.4) is 0 Å². The third kappa shape index (κ3) is 8.14. The maximum atomic E-state index is 5.81. The lowest BCUT2D eigenvalue weighted by Crippen LogP contribution is -2.17. The second-order valence-corrected chi connectivity index (χ2v) is 5.50. The molecular formula is C14H22OS3. The number of thiol groups is 2. The second kappa shape index (κ2) is 10.9. The molecule has 0 aromatic heterocycles. The Bertz CT molecular complexity index is 309. The molecule has 0 aromatic rings. The molecule has 1 atom stereocenters. The van der Waals surface area contributed by atoms with Gasteiger partial charge < -0.3 is 0 Å². The van der Waals surface area contributed by atoms with Gasteiger partial charge in [-0.15, -0.1) is 12.6 Å². The van der Waals surface area contributed by atoms with Gasteiger partial charge in [0.05, 0.1) is 5.25 Å². The quantitative estimate of drug-likeness (QED) is 0.287. The van der Waals surface area contributed by atoms with E-state index in [1.54, 1.807) is 0 Å². The van der Waals surface area contributed by atoms with Crippen molar-refractivity contribution in [1.82, 2.24) is 0 Å². The lowest BCUT2D eigenvalue weighted by Gasteiger charge is -2.22. The summed E-state index contributed by atoms with van der Waals surface area (Å²) >= 11 is 10.1. The highest BCUT2D eigenvalue weighted by molar-refractivity contribution is 7.96. The summed E-state index contributed by atoms with van der Waals surface area (Å²) in [5.74, 6) is 0.668. The van der Waals surface area contributed by atoms with E-state index in [0.29, 0.717) is 5.75 Å². The minimum absolute atomic E-state index is 0.196. The van der Waals surface area contributed by atoms with Crippen molar-refractivity contribution in [3.8, 4) is 0 Å². The average molecular weight is 303 g/mol. The molecule has 0 bridgehead atoms. The van der Waals surface area contributed by atoms with Crippen molar-refractivity contribution in [2.24, 2.45) is 0 Å². The van der Waals surface area contributed by atoms with Gasteiger partial charge in [0.25, 0.3) is 0 Å². The van der Waals surface area contributed by atoms with E-state index in [2.05, 4.69) is 37.4 Å². The predicted molar refractivity (Wildman–Crippen MR) is 91.6 cm³/mol. The molecule has 0 rings (SSSR count). The van der Waals surface area contributed by atoms with Crippen molar-refractivity contribution in [2.75, 3.05) is 5.75 Å². The Morgan fingerprint density at radius 3 is 2.17 bits per heavy atom. The standard InChI is InChI=1S/C14H22OS3/c1-4-8-13(9-5-2)18-15-14(17,10-6-3)11-7-12-16/h4-11,13,16-17H,12H2,1-3H3. The van der Waals surface area contributed by atoms with Crippen LogP contribution < -0.4 is 0 Å². The first-order valence-corrected chi connectivity index (χ1v) is 7.75. The Kier molecular flexibility index (Phi) is 10.8. The van der Waals surface area contributed by atoms with E-state index in [1.807, 2.05) is 57.2 Å². The smallest absolute Gasteiger partial charge is 0.162 e. The highest BCUT2D eigenvalue weighted by Gasteiger charge is 2.20. The Balaban J connectivity index is 4.63.